The second-order valence-corrected chi connectivity index (χ2v) is 6.71. The second kappa shape index (κ2) is 9.01. The van der Waals surface area contributed by atoms with E-state index in [2.05, 4.69) is 37.5 Å². The molecule has 1 saturated heterocycles. The van der Waals surface area contributed by atoms with Gasteiger partial charge in [0, 0.05) is 18.1 Å². The van der Waals surface area contributed by atoms with Gasteiger partial charge < -0.3 is 10.6 Å². The van der Waals surface area contributed by atoms with Crippen molar-refractivity contribution >= 4 is 0 Å². The lowest BCUT2D eigenvalue weighted by molar-refractivity contribution is 0.0463. The number of nitrogens with two attached hydrogens (primary N) is 1. The molecule has 0 amide bonds. The van der Waals surface area contributed by atoms with Gasteiger partial charge in [-0.2, -0.15) is 0 Å². The van der Waals surface area contributed by atoms with Crippen LogP contribution in [0.4, 0.5) is 0 Å². The molecule has 120 valence electrons. The number of likely N-dealkylation sites (tertiary alicyclic amines) is 1. The SMILES string of the molecule is CCCCCN(C(C)C)C1(CN)CCCN(CC)CC1. The van der Waals surface area contributed by atoms with Crippen LogP contribution in [-0.2, 0) is 0 Å². The van der Waals surface area contributed by atoms with E-state index in [4.69, 9.17) is 5.73 Å². The maximum absolute atomic E-state index is 6.28. The third kappa shape index (κ3) is 4.71. The predicted octanol–water partition coefficient (Wildman–Crippen LogP) is 3.09. The molecule has 3 nitrogen and oxygen atoms in total. The molecule has 1 heterocycles. The van der Waals surface area contributed by atoms with E-state index in [-0.39, 0.29) is 5.54 Å². The largest absolute Gasteiger partial charge is 0.329 e. The highest BCUT2D eigenvalue weighted by Gasteiger charge is 2.37. The van der Waals surface area contributed by atoms with Crippen molar-refractivity contribution in [1.29, 1.82) is 0 Å². The Hall–Kier alpha value is -0.120. The average Bonchev–Trinajstić information content (AvgIpc) is 2.66. The predicted molar refractivity (Wildman–Crippen MR) is 89.1 cm³/mol. The van der Waals surface area contributed by atoms with Crippen LogP contribution < -0.4 is 5.73 Å². The van der Waals surface area contributed by atoms with Crippen LogP contribution in [0.25, 0.3) is 0 Å². The van der Waals surface area contributed by atoms with Gasteiger partial charge in [-0.15, -0.1) is 0 Å². The van der Waals surface area contributed by atoms with Gasteiger partial charge in [-0.1, -0.05) is 26.7 Å². The van der Waals surface area contributed by atoms with Gasteiger partial charge in [0.15, 0.2) is 0 Å². The maximum atomic E-state index is 6.28. The number of unbranched alkanes of at least 4 members (excludes halogenated alkanes) is 2. The second-order valence-electron chi connectivity index (χ2n) is 6.71. The van der Waals surface area contributed by atoms with Gasteiger partial charge >= 0.3 is 0 Å². The van der Waals surface area contributed by atoms with Crippen LogP contribution >= 0.6 is 0 Å². The number of nitrogens with zero attached hydrogens (tertiary/aromatic N) is 2. The molecule has 0 aromatic heterocycles. The molecule has 1 aliphatic heterocycles. The van der Waals surface area contributed by atoms with Crippen LogP contribution in [0, 0.1) is 0 Å². The molecule has 1 aliphatic rings. The molecule has 0 aliphatic carbocycles. The molecule has 0 spiro atoms. The van der Waals surface area contributed by atoms with Crippen LogP contribution in [0.1, 0.15) is 66.2 Å². The summed E-state index contributed by atoms with van der Waals surface area (Å²) >= 11 is 0. The smallest absolute Gasteiger partial charge is 0.0347 e. The van der Waals surface area contributed by atoms with E-state index in [1.165, 1.54) is 64.7 Å². The first-order valence-electron chi connectivity index (χ1n) is 8.78. The topological polar surface area (TPSA) is 32.5 Å². The zero-order valence-corrected chi connectivity index (χ0v) is 14.3. The fraction of sp³-hybridized carbons (Fsp3) is 1.00. The summed E-state index contributed by atoms with van der Waals surface area (Å²) in [6, 6.07) is 0.601. The van der Waals surface area contributed by atoms with Gasteiger partial charge in [0.05, 0.1) is 0 Å². The molecule has 0 saturated carbocycles. The minimum absolute atomic E-state index is 0.242. The number of hydrogen-bond donors (Lipinski definition) is 1. The van der Waals surface area contributed by atoms with E-state index in [9.17, 15) is 0 Å². The number of rotatable bonds is 8. The Morgan fingerprint density at radius 3 is 2.45 bits per heavy atom. The third-order valence-electron chi connectivity index (χ3n) is 5.07. The quantitative estimate of drug-likeness (QED) is 0.695. The summed E-state index contributed by atoms with van der Waals surface area (Å²) in [7, 11) is 0. The molecule has 0 aromatic carbocycles. The van der Waals surface area contributed by atoms with E-state index in [0.29, 0.717) is 6.04 Å². The molecule has 3 heteroatoms. The summed E-state index contributed by atoms with van der Waals surface area (Å²) in [5.74, 6) is 0. The van der Waals surface area contributed by atoms with Gasteiger partial charge in [0.25, 0.3) is 0 Å². The van der Waals surface area contributed by atoms with Gasteiger partial charge in [-0.25, -0.2) is 0 Å². The highest BCUT2D eigenvalue weighted by molar-refractivity contribution is 4.95. The monoisotopic (exact) mass is 283 g/mol. The molecule has 0 radical (unpaired) electrons. The molecule has 1 fully saturated rings. The Balaban J connectivity index is 2.75. The van der Waals surface area contributed by atoms with Crippen molar-refractivity contribution in [3.8, 4) is 0 Å². The molecule has 20 heavy (non-hydrogen) atoms. The Kier molecular flexibility index (Phi) is 8.08. The lowest BCUT2D eigenvalue weighted by atomic mass is 9.87. The van der Waals surface area contributed by atoms with Gasteiger partial charge in [-0.3, -0.25) is 4.90 Å². The van der Waals surface area contributed by atoms with E-state index in [1.807, 2.05) is 0 Å². The Bertz CT molecular complexity index is 255. The Morgan fingerprint density at radius 1 is 1.15 bits per heavy atom. The molecule has 0 aromatic rings. The molecular weight excluding hydrogens is 246 g/mol. The van der Waals surface area contributed by atoms with Crippen molar-refractivity contribution in [3.05, 3.63) is 0 Å². The van der Waals surface area contributed by atoms with E-state index in [0.717, 1.165) is 6.54 Å². The molecule has 1 unspecified atom stereocenters. The minimum atomic E-state index is 0.242. The molecule has 0 bridgehead atoms. The minimum Gasteiger partial charge on any atom is -0.329 e. The zero-order valence-electron chi connectivity index (χ0n) is 14.3. The van der Waals surface area contributed by atoms with Gasteiger partial charge in [0.2, 0.25) is 0 Å². The summed E-state index contributed by atoms with van der Waals surface area (Å²) in [4.78, 5) is 5.31. The highest BCUT2D eigenvalue weighted by Crippen LogP contribution is 2.30. The highest BCUT2D eigenvalue weighted by atomic mass is 15.2. The average molecular weight is 284 g/mol. The zero-order chi connectivity index (χ0) is 15.0. The Labute approximate surface area is 126 Å². The standard InChI is InChI=1S/C17H37N3/c1-5-7-8-13-20(16(3)4)17(15-18)10-9-12-19(6-2)14-11-17/h16H,5-15,18H2,1-4H3. The van der Waals surface area contributed by atoms with Crippen molar-refractivity contribution in [1.82, 2.24) is 9.80 Å². The maximum Gasteiger partial charge on any atom is 0.0347 e. The summed E-state index contributed by atoms with van der Waals surface area (Å²) in [5.41, 5.74) is 6.52. The third-order valence-corrected chi connectivity index (χ3v) is 5.07. The van der Waals surface area contributed by atoms with Crippen molar-refractivity contribution in [2.75, 3.05) is 32.7 Å². The van der Waals surface area contributed by atoms with E-state index < -0.39 is 0 Å². The summed E-state index contributed by atoms with van der Waals surface area (Å²) < 4.78 is 0. The summed E-state index contributed by atoms with van der Waals surface area (Å²) in [5, 5.41) is 0. The summed E-state index contributed by atoms with van der Waals surface area (Å²) in [6.07, 6.45) is 7.75. The molecule has 2 N–H and O–H groups in total. The lowest BCUT2D eigenvalue weighted by Gasteiger charge is -2.46. The van der Waals surface area contributed by atoms with Crippen LogP contribution in [0.3, 0.4) is 0 Å². The first kappa shape index (κ1) is 17.9. The first-order chi connectivity index (χ1) is 9.59. The lowest BCUT2D eigenvalue weighted by Crippen LogP contribution is -2.57. The normalized spacial score (nSPS) is 25.4. The molecule has 1 rings (SSSR count). The Morgan fingerprint density at radius 2 is 1.90 bits per heavy atom. The van der Waals surface area contributed by atoms with Gasteiger partial charge in [0.1, 0.15) is 0 Å². The first-order valence-corrected chi connectivity index (χ1v) is 8.78. The van der Waals surface area contributed by atoms with Gasteiger partial charge in [-0.05, 0) is 65.7 Å². The molecule has 1 atom stereocenters. The molecular formula is C17H37N3. The van der Waals surface area contributed by atoms with Crippen molar-refractivity contribution in [3.63, 3.8) is 0 Å². The number of hydrogen-bond acceptors (Lipinski definition) is 3. The van der Waals surface area contributed by atoms with Crippen molar-refractivity contribution in [2.45, 2.75) is 77.8 Å². The van der Waals surface area contributed by atoms with E-state index >= 15 is 0 Å². The van der Waals surface area contributed by atoms with Crippen molar-refractivity contribution < 1.29 is 0 Å². The summed E-state index contributed by atoms with van der Waals surface area (Å²) in [6.45, 7) is 14.9. The van der Waals surface area contributed by atoms with Crippen LogP contribution in [-0.4, -0.2) is 54.1 Å². The van der Waals surface area contributed by atoms with Crippen LogP contribution in [0.15, 0.2) is 0 Å². The van der Waals surface area contributed by atoms with Crippen LogP contribution in [0.5, 0.6) is 0 Å². The van der Waals surface area contributed by atoms with Crippen LogP contribution in [0.2, 0.25) is 0 Å². The van der Waals surface area contributed by atoms with Crippen molar-refractivity contribution in [2.24, 2.45) is 5.73 Å². The fourth-order valence-corrected chi connectivity index (χ4v) is 3.73. The fourth-order valence-electron chi connectivity index (χ4n) is 3.73. The van der Waals surface area contributed by atoms with E-state index in [1.54, 1.807) is 0 Å².